The molecule has 0 saturated carbocycles. The second-order valence-electron chi connectivity index (χ2n) is 6.83. The van der Waals surface area contributed by atoms with Gasteiger partial charge in [0.05, 0.1) is 5.69 Å². The molecule has 10 heteroatoms. The van der Waals surface area contributed by atoms with E-state index in [1.54, 1.807) is 19.1 Å². The number of thioether (sulfide) groups is 1. The van der Waals surface area contributed by atoms with Crippen LogP contribution in [0, 0.1) is 12.7 Å². The Hall–Kier alpha value is -2.75. The van der Waals surface area contributed by atoms with E-state index in [2.05, 4.69) is 20.5 Å². The first-order valence-corrected chi connectivity index (χ1v) is 12.0. The first-order chi connectivity index (χ1) is 15.5. The molecule has 6 nitrogen and oxygen atoms in total. The molecule has 0 bridgehead atoms. The molecule has 32 heavy (non-hydrogen) atoms. The number of carbonyl (C=O) groups excluding carboxylic acids is 1. The van der Waals surface area contributed by atoms with Crippen LogP contribution in [0.2, 0.25) is 5.02 Å². The van der Waals surface area contributed by atoms with Crippen LogP contribution in [-0.4, -0.2) is 25.7 Å². The van der Waals surface area contributed by atoms with E-state index in [0.29, 0.717) is 44.0 Å². The first kappa shape index (κ1) is 22.4. The van der Waals surface area contributed by atoms with Crippen LogP contribution in [0.15, 0.2) is 53.7 Å². The van der Waals surface area contributed by atoms with Crippen LogP contribution in [0.25, 0.3) is 10.6 Å². The largest absolute Gasteiger partial charge is 0.290 e. The zero-order valence-electron chi connectivity index (χ0n) is 17.3. The van der Waals surface area contributed by atoms with Crippen LogP contribution >= 0.6 is 34.7 Å². The predicted octanol–water partition coefficient (Wildman–Crippen LogP) is 6.07. The quantitative estimate of drug-likeness (QED) is 0.320. The highest BCUT2D eigenvalue weighted by Gasteiger charge is 2.20. The van der Waals surface area contributed by atoms with Gasteiger partial charge >= 0.3 is 0 Å². The van der Waals surface area contributed by atoms with Crippen molar-refractivity contribution >= 4 is 46.6 Å². The normalized spacial score (nSPS) is 11.0. The van der Waals surface area contributed by atoms with Gasteiger partial charge in [-0.15, -0.1) is 21.5 Å². The van der Waals surface area contributed by atoms with Crippen LogP contribution in [0.1, 0.15) is 27.9 Å². The zero-order chi connectivity index (χ0) is 22.7. The Bertz CT molecular complexity index is 1260. The van der Waals surface area contributed by atoms with E-state index in [1.807, 2.05) is 35.8 Å². The molecule has 0 aliphatic carbocycles. The molecular weight excluding hydrogens is 469 g/mol. The standard InChI is InChI=1S/C22H19ClFN5OS2/c1-3-29-21(27-28-22(29)31-12-15-6-4-5-7-17(15)23)26-19(30)18-13(2)25-20(32-18)14-8-10-16(24)11-9-14/h4-11H,3,12H2,1-2H3,(H,26,27,30). The van der Waals surface area contributed by atoms with Crippen molar-refractivity contribution in [3.63, 3.8) is 0 Å². The zero-order valence-corrected chi connectivity index (χ0v) is 19.7. The Morgan fingerprint density at radius 1 is 1.19 bits per heavy atom. The van der Waals surface area contributed by atoms with E-state index >= 15 is 0 Å². The van der Waals surface area contributed by atoms with Gasteiger partial charge in [0.1, 0.15) is 15.7 Å². The summed E-state index contributed by atoms with van der Waals surface area (Å²) >= 11 is 8.99. The number of amides is 1. The van der Waals surface area contributed by atoms with E-state index < -0.39 is 0 Å². The summed E-state index contributed by atoms with van der Waals surface area (Å²) in [6, 6.07) is 13.7. The fraction of sp³-hybridized carbons (Fsp3) is 0.182. The number of nitrogens with one attached hydrogen (secondary N) is 1. The highest BCUT2D eigenvalue weighted by molar-refractivity contribution is 7.98. The maximum atomic E-state index is 13.2. The number of halogens is 2. The molecule has 4 aromatic rings. The van der Waals surface area contributed by atoms with Gasteiger partial charge in [0.2, 0.25) is 5.95 Å². The molecule has 0 spiro atoms. The molecule has 4 rings (SSSR count). The van der Waals surface area contributed by atoms with Crippen molar-refractivity contribution in [2.45, 2.75) is 31.3 Å². The molecule has 0 unspecified atom stereocenters. The van der Waals surface area contributed by atoms with Crippen molar-refractivity contribution in [3.8, 4) is 10.6 Å². The molecule has 0 aliphatic heterocycles. The van der Waals surface area contributed by atoms with Crippen molar-refractivity contribution < 1.29 is 9.18 Å². The maximum Gasteiger partial charge on any atom is 0.270 e. The summed E-state index contributed by atoms with van der Waals surface area (Å²) in [4.78, 5) is 17.9. The Labute approximate surface area is 197 Å². The smallest absolute Gasteiger partial charge is 0.270 e. The van der Waals surface area contributed by atoms with Crippen LogP contribution in [0.5, 0.6) is 0 Å². The number of benzene rings is 2. The highest BCUT2D eigenvalue weighted by Crippen LogP contribution is 2.30. The van der Waals surface area contributed by atoms with Crippen molar-refractivity contribution in [2.24, 2.45) is 0 Å². The molecule has 0 radical (unpaired) electrons. The number of aromatic nitrogens is 4. The third kappa shape index (κ3) is 4.85. The molecule has 1 amide bonds. The van der Waals surface area contributed by atoms with Crippen molar-refractivity contribution in [3.05, 3.63) is 75.5 Å². The molecule has 164 valence electrons. The summed E-state index contributed by atoms with van der Waals surface area (Å²) in [6.07, 6.45) is 0. The predicted molar refractivity (Wildman–Crippen MR) is 127 cm³/mol. The van der Waals surface area contributed by atoms with Crippen LogP contribution in [-0.2, 0) is 12.3 Å². The van der Waals surface area contributed by atoms with Gasteiger partial charge in [-0.1, -0.05) is 41.6 Å². The molecule has 0 aliphatic rings. The number of thiazole rings is 1. The van der Waals surface area contributed by atoms with Gasteiger partial charge in [-0.2, -0.15) is 0 Å². The lowest BCUT2D eigenvalue weighted by molar-refractivity contribution is 0.102. The average molecular weight is 488 g/mol. The Morgan fingerprint density at radius 3 is 2.66 bits per heavy atom. The maximum absolute atomic E-state index is 13.2. The van der Waals surface area contributed by atoms with Gasteiger partial charge in [0.25, 0.3) is 5.91 Å². The van der Waals surface area contributed by atoms with Gasteiger partial charge in [0.15, 0.2) is 5.16 Å². The van der Waals surface area contributed by atoms with E-state index in [1.165, 1.54) is 35.2 Å². The minimum Gasteiger partial charge on any atom is -0.290 e. The van der Waals surface area contributed by atoms with Gasteiger partial charge in [-0.05, 0) is 49.7 Å². The minimum atomic E-state index is -0.317. The third-order valence-electron chi connectivity index (χ3n) is 4.67. The fourth-order valence-electron chi connectivity index (χ4n) is 3.01. The summed E-state index contributed by atoms with van der Waals surface area (Å²) in [5, 5.41) is 13.3. The number of rotatable bonds is 7. The fourth-order valence-corrected chi connectivity index (χ4v) is 5.27. The molecule has 0 saturated heterocycles. The number of aryl methyl sites for hydroxylation is 1. The van der Waals surface area contributed by atoms with Crippen LogP contribution < -0.4 is 5.32 Å². The van der Waals surface area contributed by atoms with Gasteiger partial charge in [0, 0.05) is 22.9 Å². The number of hydrogen-bond donors (Lipinski definition) is 1. The van der Waals surface area contributed by atoms with Crippen LogP contribution in [0.4, 0.5) is 10.3 Å². The van der Waals surface area contributed by atoms with Crippen LogP contribution in [0.3, 0.4) is 0 Å². The summed E-state index contributed by atoms with van der Waals surface area (Å²) in [5.74, 6) is 0.385. The van der Waals surface area contributed by atoms with Crippen molar-refractivity contribution in [2.75, 3.05) is 5.32 Å². The lowest BCUT2D eigenvalue weighted by Crippen LogP contribution is -2.16. The van der Waals surface area contributed by atoms with Gasteiger partial charge < -0.3 is 0 Å². The SMILES string of the molecule is CCn1c(NC(=O)c2sc(-c3ccc(F)cc3)nc2C)nnc1SCc1ccccc1Cl. The third-order valence-corrected chi connectivity index (χ3v) is 7.26. The molecule has 1 N–H and O–H groups in total. The molecular formula is C22H19ClFN5OS2. The second kappa shape index (κ2) is 9.81. The molecule has 2 aromatic carbocycles. The monoisotopic (exact) mass is 487 g/mol. The van der Waals surface area contributed by atoms with E-state index in [0.717, 1.165) is 11.1 Å². The summed E-state index contributed by atoms with van der Waals surface area (Å²) in [6.45, 7) is 4.33. The molecule has 0 fully saturated rings. The van der Waals surface area contributed by atoms with E-state index in [9.17, 15) is 9.18 Å². The van der Waals surface area contributed by atoms with E-state index in [4.69, 9.17) is 11.6 Å². The Morgan fingerprint density at radius 2 is 1.94 bits per heavy atom. The summed E-state index contributed by atoms with van der Waals surface area (Å²) in [5.41, 5.74) is 2.36. The lowest BCUT2D eigenvalue weighted by atomic mass is 10.2. The molecule has 2 aromatic heterocycles. The number of nitrogens with zero attached hydrogens (tertiary/aromatic N) is 4. The van der Waals surface area contributed by atoms with Gasteiger partial charge in [-0.3, -0.25) is 14.7 Å². The number of carbonyl (C=O) groups is 1. The van der Waals surface area contributed by atoms with Crippen molar-refractivity contribution in [1.82, 2.24) is 19.7 Å². The molecule has 0 atom stereocenters. The van der Waals surface area contributed by atoms with Crippen molar-refractivity contribution in [1.29, 1.82) is 0 Å². The number of anilines is 1. The average Bonchev–Trinajstić information content (AvgIpc) is 3.36. The Kier molecular flexibility index (Phi) is 6.88. The summed E-state index contributed by atoms with van der Waals surface area (Å²) < 4.78 is 15.0. The minimum absolute atomic E-state index is 0.307. The van der Waals surface area contributed by atoms with Gasteiger partial charge in [-0.25, -0.2) is 9.37 Å². The highest BCUT2D eigenvalue weighted by atomic mass is 35.5. The lowest BCUT2D eigenvalue weighted by Gasteiger charge is -2.08. The first-order valence-electron chi connectivity index (χ1n) is 9.80. The summed E-state index contributed by atoms with van der Waals surface area (Å²) in [7, 11) is 0. The topological polar surface area (TPSA) is 72.7 Å². The molecule has 2 heterocycles. The second-order valence-corrected chi connectivity index (χ2v) is 9.17. The Balaban J connectivity index is 1.50. The van der Waals surface area contributed by atoms with E-state index in [-0.39, 0.29) is 11.7 Å². The number of hydrogen-bond acceptors (Lipinski definition) is 6.